The summed E-state index contributed by atoms with van der Waals surface area (Å²) in [5.74, 6) is -1.40. The number of hydrogen-bond donors (Lipinski definition) is 4. The van der Waals surface area contributed by atoms with Crippen LogP contribution >= 0.6 is 0 Å². The predicted molar refractivity (Wildman–Crippen MR) is 66.7 cm³/mol. The van der Waals surface area contributed by atoms with Gasteiger partial charge in [-0.25, -0.2) is 9.59 Å². The minimum atomic E-state index is -4.65. The summed E-state index contributed by atoms with van der Waals surface area (Å²) in [6.45, 7) is -0.490. The summed E-state index contributed by atoms with van der Waals surface area (Å²) in [5.41, 5.74) is -1.54. The molecule has 0 radical (unpaired) electrons. The van der Waals surface area contributed by atoms with Gasteiger partial charge >= 0.3 is 18.2 Å². The standard InChI is InChI=1S/C12H13F3N2O4/c13-12(14,15)7-3-1-2-4-8(7)16-11(21)17-9(5-6-18)10(19)20/h1-4,9,18H,5-6H2,(H,19,20)(H2,16,17,21)/t9-/m0/s1. The second-order valence-corrected chi connectivity index (χ2v) is 4.04. The molecule has 0 fully saturated rings. The van der Waals surface area contributed by atoms with Crippen LogP contribution < -0.4 is 10.6 Å². The molecule has 0 saturated carbocycles. The number of aliphatic hydroxyl groups excluding tert-OH is 1. The van der Waals surface area contributed by atoms with E-state index < -0.39 is 42.1 Å². The van der Waals surface area contributed by atoms with Gasteiger partial charge in [0, 0.05) is 13.0 Å². The molecular weight excluding hydrogens is 293 g/mol. The number of nitrogens with one attached hydrogen (secondary N) is 2. The van der Waals surface area contributed by atoms with Crippen LogP contribution in [0.4, 0.5) is 23.7 Å². The Kier molecular flexibility index (Phi) is 5.53. The number of anilines is 1. The summed E-state index contributed by atoms with van der Waals surface area (Å²) in [4.78, 5) is 22.3. The lowest BCUT2D eigenvalue weighted by Crippen LogP contribution is -2.43. The average Bonchev–Trinajstić information content (AvgIpc) is 2.37. The molecule has 9 heteroatoms. The molecule has 116 valence electrons. The first-order valence-electron chi connectivity index (χ1n) is 5.83. The summed E-state index contributed by atoms with van der Waals surface area (Å²) < 4.78 is 38.1. The lowest BCUT2D eigenvalue weighted by molar-refractivity contribution is -0.139. The number of alkyl halides is 3. The van der Waals surface area contributed by atoms with E-state index in [2.05, 4.69) is 0 Å². The van der Waals surface area contributed by atoms with Gasteiger partial charge in [-0.3, -0.25) is 0 Å². The predicted octanol–water partition coefficient (Wildman–Crippen LogP) is 1.66. The van der Waals surface area contributed by atoms with Crippen molar-refractivity contribution < 1.29 is 33.0 Å². The minimum absolute atomic E-state index is 0.260. The van der Waals surface area contributed by atoms with Crippen LogP contribution in [0.2, 0.25) is 0 Å². The lowest BCUT2D eigenvalue weighted by atomic mass is 10.1. The number of hydrogen-bond acceptors (Lipinski definition) is 3. The van der Waals surface area contributed by atoms with Gasteiger partial charge in [-0.05, 0) is 12.1 Å². The number of aliphatic carboxylic acids is 1. The maximum atomic E-state index is 12.7. The molecule has 0 saturated heterocycles. The second-order valence-electron chi connectivity index (χ2n) is 4.04. The largest absolute Gasteiger partial charge is 0.480 e. The minimum Gasteiger partial charge on any atom is -0.480 e. The van der Waals surface area contributed by atoms with Gasteiger partial charge in [-0.1, -0.05) is 12.1 Å². The maximum absolute atomic E-state index is 12.7. The van der Waals surface area contributed by atoms with Gasteiger partial charge in [0.1, 0.15) is 6.04 Å². The zero-order valence-corrected chi connectivity index (χ0v) is 10.6. The van der Waals surface area contributed by atoms with E-state index in [9.17, 15) is 22.8 Å². The molecule has 4 N–H and O–H groups in total. The van der Waals surface area contributed by atoms with Gasteiger partial charge in [-0.2, -0.15) is 13.2 Å². The van der Waals surface area contributed by atoms with Crippen molar-refractivity contribution in [3.05, 3.63) is 29.8 Å². The molecule has 6 nitrogen and oxygen atoms in total. The molecule has 0 aliphatic heterocycles. The average molecular weight is 306 g/mol. The van der Waals surface area contributed by atoms with E-state index in [0.29, 0.717) is 0 Å². The Morgan fingerprint density at radius 1 is 1.24 bits per heavy atom. The maximum Gasteiger partial charge on any atom is 0.418 e. The van der Waals surface area contributed by atoms with Crippen molar-refractivity contribution in [2.75, 3.05) is 11.9 Å². The van der Waals surface area contributed by atoms with Crippen LogP contribution in [0.25, 0.3) is 0 Å². The molecule has 0 spiro atoms. The van der Waals surface area contributed by atoms with Gasteiger partial charge in [0.2, 0.25) is 0 Å². The second kappa shape index (κ2) is 6.93. The summed E-state index contributed by atoms with van der Waals surface area (Å²) in [6, 6.07) is 1.80. The molecule has 1 rings (SSSR count). The van der Waals surface area contributed by atoms with E-state index >= 15 is 0 Å². The van der Waals surface area contributed by atoms with E-state index in [-0.39, 0.29) is 6.42 Å². The summed E-state index contributed by atoms with van der Waals surface area (Å²) in [6.07, 6.45) is -4.91. The van der Waals surface area contributed by atoms with Crippen molar-refractivity contribution in [2.45, 2.75) is 18.6 Å². The van der Waals surface area contributed by atoms with Crippen molar-refractivity contribution in [1.82, 2.24) is 5.32 Å². The van der Waals surface area contributed by atoms with E-state index in [1.165, 1.54) is 6.07 Å². The lowest BCUT2D eigenvalue weighted by Gasteiger charge is -2.16. The van der Waals surface area contributed by atoms with Crippen LogP contribution in [-0.4, -0.2) is 34.9 Å². The molecule has 1 aromatic carbocycles. The number of benzene rings is 1. The van der Waals surface area contributed by atoms with E-state index in [0.717, 1.165) is 18.2 Å². The number of amides is 2. The Morgan fingerprint density at radius 3 is 2.38 bits per heavy atom. The number of aliphatic hydroxyl groups is 1. The number of urea groups is 1. The van der Waals surface area contributed by atoms with Crippen LogP contribution in [0.15, 0.2) is 24.3 Å². The van der Waals surface area contributed by atoms with Gasteiger partial charge in [0.05, 0.1) is 11.3 Å². The summed E-state index contributed by atoms with van der Waals surface area (Å²) >= 11 is 0. The van der Waals surface area contributed by atoms with Crippen LogP contribution in [0.5, 0.6) is 0 Å². The highest BCUT2D eigenvalue weighted by Gasteiger charge is 2.33. The first-order valence-corrected chi connectivity index (χ1v) is 5.83. The number of rotatable bonds is 5. The first-order chi connectivity index (χ1) is 9.75. The fourth-order valence-electron chi connectivity index (χ4n) is 1.54. The zero-order chi connectivity index (χ0) is 16.0. The molecule has 0 unspecified atom stereocenters. The smallest absolute Gasteiger partial charge is 0.418 e. The molecule has 2 amide bonds. The van der Waals surface area contributed by atoms with Crippen molar-refractivity contribution in [1.29, 1.82) is 0 Å². The zero-order valence-electron chi connectivity index (χ0n) is 10.6. The molecule has 1 aromatic rings. The van der Waals surface area contributed by atoms with Crippen molar-refractivity contribution in [2.24, 2.45) is 0 Å². The molecule has 0 bridgehead atoms. The molecule has 0 aromatic heterocycles. The number of carboxylic acid groups (broad SMARTS) is 1. The van der Waals surface area contributed by atoms with E-state index in [1.807, 2.05) is 10.6 Å². The third kappa shape index (κ3) is 4.95. The first kappa shape index (κ1) is 16.8. The van der Waals surface area contributed by atoms with E-state index in [4.69, 9.17) is 10.2 Å². The fourth-order valence-corrected chi connectivity index (χ4v) is 1.54. The number of carbonyl (C=O) groups is 2. The van der Waals surface area contributed by atoms with Crippen molar-refractivity contribution in [3.8, 4) is 0 Å². The summed E-state index contributed by atoms with van der Waals surface area (Å²) in [5, 5.41) is 21.3. The molecule has 0 aliphatic rings. The molecule has 0 aliphatic carbocycles. The van der Waals surface area contributed by atoms with Gasteiger partial charge in [0.25, 0.3) is 0 Å². The third-order valence-electron chi connectivity index (χ3n) is 2.50. The van der Waals surface area contributed by atoms with Crippen LogP contribution in [-0.2, 0) is 11.0 Å². The highest BCUT2D eigenvalue weighted by molar-refractivity contribution is 5.93. The Hall–Kier alpha value is -2.29. The van der Waals surface area contributed by atoms with Crippen LogP contribution in [0, 0.1) is 0 Å². The fraction of sp³-hybridized carbons (Fsp3) is 0.333. The van der Waals surface area contributed by atoms with Crippen LogP contribution in [0.1, 0.15) is 12.0 Å². The SMILES string of the molecule is O=C(Nc1ccccc1C(F)(F)F)N[C@@H](CCO)C(=O)O. The van der Waals surface area contributed by atoms with E-state index in [1.54, 1.807) is 0 Å². The highest BCUT2D eigenvalue weighted by Crippen LogP contribution is 2.34. The molecule has 0 heterocycles. The quantitative estimate of drug-likeness (QED) is 0.665. The highest BCUT2D eigenvalue weighted by atomic mass is 19.4. The molecular formula is C12H13F3N2O4. The summed E-state index contributed by atoms with van der Waals surface area (Å²) in [7, 11) is 0. The monoisotopic (exact) mass is 306 g/mol. The Bertz CT molecular complexity index is 519. The topological polar surface area (TPSA) is 98.7 Å². The number of carbonyl (C=O) groups excluding carboxylic acids is 1. The van der Waals surface area contributed by atoms with Gasteiger partial charge in [-0.15, -0.1) is 0 Å². The van der Waals surface area contributed by atoms with Gasteiger partial charge in [0.15, 0.2) is 0 Å². The van der Waals surface area contributed by atoms with Crippen LogP contribution in [0.3, 0.4) is 0 Å². The Morgan fingerprint density at radius 2 is 1.86 bits per heavy atom. The van der Waals surface area contributed by atoms with Crippen molar-refractivity contribution >= 4 is 17.7 Å². The number of para-hydroxylation sites is 1. The van der Waals surface area contributed by atoms with Gasteiger partial charge < -0.3 is 20.8 Å². The third-order valence-corrected chi connectivity index (χ3v) is 2.50. The Balaban J connectivity index is 2.82. The number of carboxylic acids is 1. The molecule has 21 heavy (non-hydrogen) atoms. The van der Waals surface area contributed by atoms with Crippen molar-refractivity contribution in [3.63, 3.8) is 0 Å². The molecule has 1 atom stereocenters. The number of halogens is 3. The normalized spacial score (nSPS) is 12.6. The Labute approximate surface area is 117 Å².